The summed E-state index contributed by atoms with van der Waals surface area (Å²) in [5, 5.41) is 12.2. The predicted molar refractivity (Wildman–Crippen MR) is 78.0 cm³/mol. The van der Waals surface area contributed by atoms with Crippen LogP contribution < -0.4 is 16.6 Å². The van der Waals surface area contributed by atoms with Gasteiger partial charge in [0.15, 0.2) is 0 Å². The van der Waals surface area contributed by atoms with Crippen molar-refractivity contribution in [3.8, 4) is 0 Å². The van der Waals surface area contributed by atoms with E-state index >= 15 is 0 Å². The molecule has 1 aromatic rings. The number of hydrogen-bond acceptors (Lipinski definition) is 6. The van der Waals surface area contributed by atoms with Crippen LogP contribution in [0.3, 0.4) is 0 Å². The molecule has 1 rings (SSSR count). The van der Waals surface area contributed by atoms with Gasteiger partial charge in [-0.15, -0.1) is 0 Å². The van der Waals surface area contributed by atoms with Crippen LogP contribution >= 0.6 is 0 Å². The van der Waals surface area contributed by atoms with Crippen molar-refractivity contribution in [3.63, 3.8) is 0 Å². The Morgan fingerprint density at radius 3 is 2.37 bits per heavy atom. The third-order valence-corrected chi connectivity index (χ3v) is 3.06. The van der Waals surface area contributed by atoms with Crippen LogP contribution in [0.1, 0.15) is 44.5 Å². The second-order valence-electron chi connectivity index (χ2n) is 5.20. The Morgan fingerprint density at radius 1 is 1.21 bits per heavy atom. The fourth-order valence-corrected chi connectivity index (χ4v) is 1.70. The van der Waals surface area contributed by atoms with E-state index in [-0.39, 0.29) is 12.5 Å². The van der Waals surface area contributed by atoms with Crippen molar-refractivity contribution in [3.05, 3.63) is 11.4 Å². The number of anilines is 2. The molecule has 0 bridgehead atoms. The van der Waals surface area contributed by atoms with Gasteiger partial charge in [-0.2, -0.15) is 0 Å². The lowest BCUT2D eigenvalue weighted by molar-refractivity contribution is 0.266. The molecule has 0 aliphatic heterocycles. The maximum atomic E-state index is 8.91. The summed E-state index contributed by atoms with van der Waals surface area (Å²) in [5.41, 5.74) is 3.52. The molecule has 19 heavy (non-hydrogen) atoms. The van der Waals surface area contributed by atoms with Gasteiger partial charge in [0, 0.05) is 24.6 Å². The lowest BCUT2D eigenvalue weighted by Gasteiger charge is -2.17. The summed E-state index contributed by atoms with van der Waals surface area (Å²) in [4.78, 5) is 8.92. The van der Waals surface area contributed by atoms with Gasteiger partial charge in [-0.25, -0.2) is 15.8 Å². The highest BCUT2D eigenvalue weighted by atomic mass is 16.3. The molecule has 6 heteroatoms. The van der Waals surface area contributed by atoms with Gasteiger partial charge in [-0.05, 0) is 19.3 Å². The zero-order valence-corrected chi connectivity index (χ0v) is 12.2. The second kappa shape index (κ2) is 7.25. The smallest absolute Gasteiger partial charge is 0.148 e. The SMILES string of the molecule is Cc1c(NN)nc(C(C)C)nc1NCC(C)CCO. The van der Waals surface area contributed by atoms with E-state index in [1.54, 1.807) is 0 Å². The molecule has 6 nitrogen and oxygen atoms in total. The van der Waals surface area contributed by atoms with Crippen molar-refractivity contribution < 1.29 is 5.11 Å². The summed E-state index contributed by atoms with van der Waals surface area (Å²) in [6, 6.07) is 0. The van der Waals surface area contributed by atoms with E-state index in [1.807, 2.05) is 20.8 Å². The fourth-order valence-electron chi connectivity index (χ4n) is 1.70. The van der Waals surface area contributed by atoms with Gasteiger partial charge in [-0.3, -0.25) is 0 Å². The van der Waals surface area contributed by atoms with Gasteiger partial charge in [0.25, 0.3) is 0 Å². The van der Waals surface area contributed by atoms with Crippen LogP contribution in [-0.4, -0.2) is 28.2 Å². The zero-order valence-electron chi connectivity index (χ0n) is 12.2. The van der Waals surface area contributed by atoms with Crippen LogP contribution in [0.4, 0.5) is 11.6 Å². The summed E-state index contributed by atoms with van der Waals surface area (Å²) in [6.45, 7) is 9.08. The molecular weight excluding hydrogens is 242 g/mol. The number of hydrogen-bond donors (Lipinski definition) is 4. The minimum atomic E-state index is 0.207. The number of hydrazine groups is 1. The number of nitrogen functional groups attached to an aromatic ring is 1. The molecule has 0 aromatic carbocycles. The average molecular weight is 267 g/mol. The molecule has 1 aromatic heterocycles. The molecule has 0 saturated heterocycles. The van der Waals surface area contributed by atoms with Crippen molar-refractivity contribution >= 4 is 11.6 Å². The topological polar surface area (TPSA) is 96.1 Å². The Balaban J connectivity index is 2.89. The zero-order chi connectivity index (χ0) is 14.4. The second-order valence-corrected chi connectivity index (χ2v) is 5.20. The van der Waals surface area contributed by atoms with Crippen LogP contribution in [0.5, 0.6) is 0 Å². The van der Waals surface area contributed by atoms with E-state index in [4.69, 9.17) is 10.9 Å². The standard InChI is InChI=1S/C13H25N5O/c1-8(2)11-16-12(10(4)13(17-11)18-14)15-7-9(3)5-6-19/h8-9,19H,5-7,14H2,1-4H3,(H2,15,16,17,18). The molecule has 1 unspecified atom stereocenters. The Labute approximate surface area is 114 Å². The number of nitrogens with two attached hydrogens (primary N) is 1. The van der Waals surface area contributed by atoms with Crippen molar-refractivity contribution in [2.24, 2.45) is 11.8 Å². The van der Waals surface area contributed by atoms with Gasteiger partial charge in [0.2, 0.25) is 0 Å². The average Bonchev–Trinajstić information content (AvgIpc) is 2.37. The highest BCUT2D eigenvalue weighted by molar-refractivity contribution is 5.56. The lowest BCUT2D eigenvalue weighted by Crippen LogP contribution is -2.18. The van der Waals surface area contributed by atoms with Crippen LogP contribution in [0.2, 0.25) is 0 Å². The third-order valence-electron chi connectivity index (χ3n) is 3.06. The van der Waals surface area contributed by atoms with E-state index < -0.39 is 0 Å². The molecular formula is C13H25N5O. The maximum Gasteiger partial charge on any atom is 0.148 e. The summed E-state index contributed by atoms with van der Waals surface area (Å²) in [7, 11) is 0. The maximum absolute atomic E-state index is 8.91. The molecule has 0 aliphatic carbocycles. The fraction of sp³-hybridized carbons (Fsp3) is 0.692. The van der Waals surface area contributed by atoms with E-state index in [0.717, 1.165) is 30.2 Å². The van der Waals surface area contributed by atoms with Gasteiger partial charge in [-0.1, -0.05) is 20.8 Å². The summed E-state index contributed by atoms with van der Waals surface area (Å²) in [6.07, 6.45) is 0.774. The summed E-state index contributed by atoms with van der Waals surface area (Å²) >= 11 is 0. The van der Waals surface area contributed by atoms with E-state index in [2.05, 4.69) is 27.6 Å². The Hall–Kier alpha value is -1.40. The summed E-state index contributed by atoms with van der Waals surface area (Å²) in [5.74, 6) is 8.33. The highest BCUT2D eigenvalue weighted by Gasteiger charge is 2.13. The van der Waals surface area contributed by atoms with Crippen LogP contribution in [0, 0.1) is 12.8 Å². The van der Waals surface area contributed by atoms with Crippen molar-refractivity contribution in [2.45, 2.75) is 40.0 Å². The normalized spacial score (nSPS) is 12.6. The van der Waals surface area contributed by atoms with Crippen LogP contribution in [-0.2, 0) is 0 Å². The number of aliphatic hydroxyl groups is 1. The number of rotatable bonds is 7. The number of aromatic nitrogens is 2. The Bertz CT molecular complexity index is 408. The molecule has 0 saturated carbocycles. The summed E-state index contributed by atoms with van der Waals surface area (Å²) < 4.78 is 0. The van der Waals surface area contributed by atoms with Gasteiger partial charge in [0.05, 0.1) is 0 Å². The first-order valence-corrected chi connectivity index (χ1v) is 6.69. The molecule has 1 heterocycles. The van der Waals surface area contributed by atoms with E-state index in [9.17, 15) is 0 Å². The molecule has 0 spiro atoms. The van der Waals surface area contributed by atoms with Crippen LogP contribution in [0.25, 0.3) is 0 Å². The Morgan fingerprint density at radius 2 is 1.84 bits per heavy atom. The first kappa shape index (κ1) is 15.7. The van der Waals surface area contributed by atoms with Gasteiger partial charge >= 0.3 is 0 Å². The molecule has 108 valence electrons. The first-order valence-electron chi connectivity index (χ1n) is 6.69. The Kier molecular flexibility index (Phi) is 5.98. The molecule has 0 fully saturated rings. The number of nitrogens with one attached hydrogen (secondary N) is 2. The monoisotopic (exact) mass is 267 g/mol. The van der Waals surface area contributed by atoms with E-state index in [1.165, 1.54) is 0 Å². The van der Waals surface area contributed by atoms with Crippen LogP contribution in [0.15, 0.2) is 0 Å². The quantitative estimate of drug-likeness (QED) is 0.443. The molecule has 0 radical (unpaired) electrons. The minimum Gasteiger partial charge on any atom is -0.396 e. The largest absolute Gasteiger partial charge is 0.396 e. The molecule has 5 N–H and O–H groups in total. The third kappa shape index (κ3) is 4.33. The minimum absolute atomic E-state index is 0.207. The highest BCUT2D eigenvalue weighted by Crippen LogP contribution is 2.22. The van der Waals surface area contributed by atoms with Crippen molar-refractivity contribution in [1.82, 2.24) is 9.97 Å². The number of nitrogens with zero attached hydrogens (tertiary/aromatic N) is 2. The number of aliphatic hydroxyl groups excluding tert-OH is 1. The molecule has 1 atom stereocenters. The lowest BCUT2D eigenvalue weighted by atomic mass is 10.1. The van der Waals surface area contributed by atoms with Crippen molar-refractivity contribution in [2.75, 3.05) is 23.9 Å². The van der Waals surface area contributed by atoms with Gasteiger partial charge in [0.1, 0.15) is 17.5 Å². The molecule has 0 aliphatic rings. The predicted octanol–water partition coefficient (Wildman–Crippen LogP) is 1.62. The van der Waals surface area contributed by atoms with Gasteiger partial charge < -0.3 is 15.8 Å². The van der Waals surface area contributed by atoms with Crippen molar-refractivity contribution in [1.29, 1.82) is 0 Å². The first-order chi connectivity index (χ1) is 8.99. The molecule has 0 amide bonds. The van der Waals surface area contributed by atoms with E-state index in [0.29, 0.717) is 11.7 Å².